The average molecular weight is 357 g/mol. The van der Waals surface area contributed by atoms with Crippen LogP contribution in [0.3, 0.4) is 0 Å². The third-order valence-corrected chi connectivity index (χ3v) is 4.48. The fourth-order valence-electron chi connectivity index (χ4n) is 3.10. The molecular weight excluding hydrogens is 336 g/mol. The second kappa shape index (κ2) is 7.19. The second-order valence-electron chi connectivity index (χ2n) is 5.79. The molecular formula is C20H21ClN2O2. The zero-order valence-electron chi connectivity index (χ0n) is 14.6. The molecule has 25 heavy (non-hydrogen) atoms. The van der Waals surface area contributed by atoms with Crippen LogP contribution in [0.15, 0.2) is 42.5 Å². The first-order chi connectivity index (χ1) is 12.0. The summed E-state index contributed by atoms with van der Waals surface area (Å²) in [5.41, 5.74) is 3.37. The maximum Gasteiger partial charge on any atom is 0.272 e. The van der Waals surface area contributed by atoms with E-state index >= 15 is 0 Å². The zero-order valence-corrected chi connectivity index (χ0v) is 15.4. The molecule has 0 radical (unpaired) electrons. The zero-order chi connectivity index (χ0) is 18.0. The number of halogens is 1. The van der Waals surface area contributed by atoms with E-state index < -0.39 is 0 Å². The average Bonchev–Trinajstić information content (AvgIpc) is 2.89. The van der Waals surface area contributed by atoms with Crippen LogP contribution in [-0.4, -0.2) is 17.1 Å². The Bertz CT molecular complexity index is 914. The van der Waals surface area contributed by atoms with E-state index in [2.05, 4.69) is 5.32 Å². The first-order valence-corrected chi connectivity index (χ1v) is 8.75. The van der Waals surface area contributed by atoms with Crippen molar-refractivity contribution in [2.75, 3.05) is 11.9 Å². The lowest BCUT2D eigenvalue weighted by molar-refractivity contribution is 0.101. The smallest absolute Gasteiger partial charge is 0.272 e. The first kappa shape index (κ1) is 17.4. The van der Waals surface area contributed by atoms with E-state index in [9.17, 15) is 4.79 Å². The van der Waals surface area contributed by atoms with E-state index in [0.717, 1.165) is 27.9 Å². The highest BCUT2D eigenvalue weighted by Crippen LogP contribution is 2.30. The Kier molecular flexibility index (Phi) is 5.00. The van der Waals surface area contributed by atoms with Gasteiger partial charge in [-0.05, 0) is 68.8 Å². The number of nitrogens with one attached hydrogen (secondary N) is 1. The van der Waals surface area contributed by atoms with Gasteiger partial charge in [-0.3, -0.25) is 4.79 Å². The summed E-state index contributed by atoms with van der Waals surface area (Å²) in [7, 11) is 0. The van der Waals surface area contributed by atoms with Gasteiger partial charge in [-0.15, -0.1) is 0 Å². The van der Waals surface area contributed by atoms with Gasteiger partial charge in [0.25, 0.3) is 5.91 Å². The monoisotopic (exact) mass is 356 g/mol. The van der Waals surface area contributed by atoms with Crippen molar-refractivity contribution in [2.24, 2.45) is 0 Å². The summed E-state index contributed by atoms with van der Waals surface area (Å²) in [6.45, 7) is 7.29. The highest BCUT2D eigenvalue weighted by molar-refractivity contribution is 6.30. The molecule has 0 aliphatic heterocycles. The van der Waals surface area contributed by atoms with Gasteiger partial charge in [-0.2, -0.15) is 0 Å². The summed E-state index contributed by atoms with van der Waals surface area (Å²) in [5, 5.41) is 4.63. The number of fused-ring (bicyclic) bond motifs is 1. The number of anilines is 1. The second-order valence-corrected chi connectivity index (χ2v) is 6.23. The predicted molar refractivity (Wildman–Crippen MR) is 103 cm³/mol. The predicted octanol–water partition coefficient (Wildman–Crippen LogP) is 5.27. The van der Waals surface area contributed by atoms with Crippen molar-refractivity contribution in [3.8, 4) is 5.75 Å². The maximum absolute atomic E-state index is 12.9. The maximum atomic E-state index is 12.9. The van der Waals surface area contributed by atoms with Crippen LogP contribution in [0.5, 0.6) is 5.75 Å². The van der Waals surface area contributed by atoms with Crippen LogP contribution < -0.4 is 10.1 Å². The molecule has 2 aromatic carbocycles. The molecule has 0 saturated heterocycles. The molecule has 1 N–H and O–H groups in total. The number of aryl methyl sites for hydroxylation is 2. The van der Waals surface area contributed by atoms with Crippen molar-refractivity contribution in [3.63, 3.8) is 0 Å². The van der Waals surface area contributed by atoms with Crippen LogP contribution in [0.25, 0.3) is 10.9 Å². The molecule has 130 valence electrons. The van der Waals surface area contributed by atoms with E-state index in [-0.39, 0.29) is 5.91 Å². The van der Waals surface area contributed by atoms with Gasteiger partial charge >= 0.3 is 0 Å². The van der Waals surface area contributed by atoms with Crippen LogP contribution in [0.4, 0.5) is 5.69 Å². The lowest BCUT2D eigenvalue weighted by Gasteiger charge is -2.10. The Morgan fingerprint density at radius 2 is 1.88 bits per heavy atom. The fraction of sp³-hybridized carbons (Fsp3) is 0.250. The molecule has 0 spiro atoms. The van der Waals surface area contributed by atoms with E-state index in [0.29, 0.717) is 23.9 Å². The van der Waals surface area contributed by atoms with E-state index in [1.165, 1.54) is 0 Å². The lowest BCUT2D eigenvalue weighted by Crippen LogP contribution is -2.17. The Morgan fingerprint density at radius 1 is 1.16 bits per heavy atom. The van der Waals surface area contributed by atoms with Crippen LogP contribution in [0.2, 0.25) is 5.02 Å². The number of hydrogen-bond acceptors (Lipinski definition) is 2. The van der Waals surface area contributed by atoms with Gasteiger partial charge in [-0.25, -0.2) is 0 Å². The molecule has 3 aromatic rings. The summed E-state index contributed by atoms with van der Waals surface area (Å²) in [6.07, 6.45) is 0. The number of carbonyl (C=O) groups is 1. The number of aromatic nitrogens is 1. The Balaban J connectivity index is 2.03. The van der Waals surface area contributed by atoms with Gasteiger partial charge in [0.2, 0.25) is 0 Å². The summed E-state index contributed by atoms with van der Waals surface area (Å²) in [4.78, 5) is 12.9. The molecule has 0 bridgehead atoms. The van der Waals surface area contributed by atoms with Gasteiger partial charge in [0, 0.05) is 28.2 Å². The quantitative estimate of drug-likeness (QED) is 0.676. The number of ether oxygens (including phenoxy) is 1. The molecule has 0 fully saturated rings. The van der Waals surface area contributed by atoms with E-state index in [4.69, 9.17) is 16.3 Å². The van der Waals surface area contributed by atoms with Gasteiger partial charge in [-0.1, -0.05) is 11.6 Å². The molecule has 0 aliphatic rings. The van der Waals surface area contributed by atoms with Gasteiger partial charge in [0.15, 0.2) is 0 Å². The van der Waals surface area contributed by atoms with Crippen LogP contribution in [0.1, 0.15) is 29.9 Å². The molecule has 0 unspecified atom stereocenters. The van der Waals surface area contributed by atoms with Crippen molar-refractivity contribution in [3.05, 3.63) is 58.7 Å². The minimum Gasteiger partial charge on any atom is -0.494 e. The normalized spacial score (nSPS) is 10.9. The third-order valence-electron chi connectivity index (χ3n) is 4.23. The highest BCUT2D eigenvalue weighted by atomic mass is 35.5. The third kappa shape index (κ3) is 3.35. The van der Waals surface area contributed by atoms with Crippen molar-refractivity contribution in [1.29, 1.82) is 0 Å². The molecule has 3 rings (SSSR count). The summed E-state index contributed by atoms with van der Waals surface area (Å²) in [5.74, 6) is 0.687. The number of benzene rings is 2. The molecule has 0 saturated carbocycles. The minimum absolute atomic E-state index is 0.129. The van der Waals surface area contributed by atoms with Gasteiger partial charge in [0.05, 0.1) is 6.61 Å². The molecule has 0 atom stereocenters. The summed E-state index contributed by atoms with van der Waals surface area (Å²) < 4.78 is 7.63. The highest BCUT2D eigenvalue weighted by Gasteiger charge is 2.20. The Labute approximate surface area is 152 Å². The minimum atomic E-state index is -0.129. The van der Waals surface area contributed by atoms with Crippen molar-refractivity contribution in [1.82, 2.24) is 4.57 Å². The summed E-state index contributed by atoms with van der Waals surface area (Å²) in [6, 6.07) is 13.1. The molecule has 1 amide bonds. The first-order valence-electron chi connectivity index (χ1n) is 8.37. The largest absolute Gasteiger partial charge is 0.494 e. The van der Waals surface area contributed by atoms with Gasteiger partial charge < -0.3 is 14.6 Å². The Hall–Kier alpha value is -2.46. The van der Waals surface area contributed by atoms with Crippen LogP contribution in [0, 0.1) is 6.92 Å². The molecule has 5 heteroatoms. The molecule has 0 aliphatic carbocycles. The number of amides is 1. The van der Waals surface area contributed by atoms with E-state index in [1.54, 1.807) is 24.3 Å². The lowest BCUT2D eigenvalue weighted by atomic mass is 10.1. The number of nitrogens with zero attached hydrogens (tertiary/aromatic N) is 1. The van der Waals surface area contributed by atoms with Crippen molar-refractivity contribution >= 4 is 34.1 Å². The summed E-state index contributed by atoms with van der Waals surface area (Å²) >= 11 is 5.90. The van der Waals surface area contributed by atoms with Crippen molar-refractivity contribution < 1.29 is 9.53 Å². The number of hydrogen-bond donors (Lipinski definition) is 1. The molecule has 4 nitrogen and oxygen atoms in total. The van der Waals surface area contributed by atoms with E-state index in [1.807, 2.05) is 43.5 Å². The van der Waals surface area contributed by atoms with Crippen LogP contribution >= 0.6 is 11.6 Å². The molecule has 1 aromatic heterocycles. The molecule has 1 heterocycles. The van der Waals surface area contributed by atoms with Crippen molar-refractivity contribution in [2.45, 2.75) is 27.3 Å². The fourth-order valence-corrected chi connectivity index (χ4v) is 3.23. The topological polar surface area (TPSA) is 43.3 Å². The standard InChI is InChI=1S/C20H21ClN2O2/c1-4-23-18-11-10-16(25-5-2)12-17(18)13(3)19(23)20(24)22-15-8-6-14(21)7-9-15/h6-12H,4-5H2,1-3H3,(H,22,24). The van der Waals surface area contributed by atoms with Gasteiger partial charge in [0.1, 0.15) is 11.4 Å². The number of rotatable bonds is 5. The number of carbonyl (C=O) groups excluding carboxylic acids is 1. The SMILES string of the molecule is CCOc1ccc2c(c1)c(C)c(C(=O)Nc1ccc(Cl)cc1)n2CC. The Morgan fingerprint density at radius 3 is 2.52 bits per heavy atom. The van der Waals surface area contributed by atoms with Crippen LogP contribution in [-0.2, 0) is 6.54 Å².